The minimum atomic E-state index is 0.735. The molecule has 4 rings (SSSR count). The van der Waals surface area contributed by atoms with Crippen LogP contribution in [0.15, 0.2) is 82.9 Å². The standard InChI is InChI=1S/C22H19N3O/c1-15-8-13-20-19(14-15)21(16-9-11-18(26-2)12-10-16)24-25-22(23-20)17-6-4-3-5-7-17/h3-14H,1-2H3,(H,23,25). The van der Waals surface area contributed by atoms with E-state index in [1.165, 1.54) is 5.56 Å². The van der Waals surface area contributed by atoms with E-state index >= 15 is 0 Å². The molecule has 0 aromatic heterocycles. The molecule has 0 bridgehead atoms. The highest BCUT2D eigenvalue weighted by atomic mass is 16.5. The summed E-state index contributed by atoms with van der Waals surface area (Å²) < 4.78 is 5.27. The lowest BCUT2D eigenvalue weighted by Gasteiger charge is -2.09. The van der Waals surface area contributed by atoms with Gasteiger partial charge >= 0.3 is 0 Å². The summed E-state index contributed by atoms with van der Waals surface area (Å²) in [5.41, 5.74) is 9.09. The Hall–Kier alpha value is -3.40. The van der Waals surface area contributed by atoms with Crippen molar-refractivity contribution in [1.29, 1.82) is 0 Å². The van der Waals surface area contributed by atoms with Crippen LogP contribution in [0.5, 0.6) is 5.75 Å². The zero-order valence-electron chi connectivity index (χ0n) is 14.7. The molecule has 3 aromatic carbocycles. The monoisotopic (exact) mass is 341 g/mol. The van der Waals surface area contributed by atoms with Gasteiger partial charge in [0.05, 0.1) is 18.5 Å². The molecule has 0 atom stereocenters. The van der Waals surface area contributed by atoms with Crippen LogP contribution in [-0.4, -0.2) is 18.7 Å². The van der Waals surface area contributed by atoms with E-state index in [1.807, 2.05) is 60.7 Å². The van der Waals surface area contributed by atoms with Gasteiger partial charge in [0.1, 0.15) is 5.75 Å². The van der Waals surface area contributed by atoms with Crippen molar-refractivity contribution in [2.75, 3.05) is 7.11 Å². The van der Waals surface area contributed by atoms with Gasteiger partial charge in [-0.25, -0.2) is 4.99 Å². The van der Waals surface area contributed by atoms with Gasteiger partial charge in [-0.05, 0) is 43.3 Å². The SMILES string of the molecule is COc1ccc(C2=NNC(c3ccccc3)=Nc3ccc(C)cc32)cc1. The molecule has 0 amide bonds. The number of nitrogens with one attached hydrogen (secondary N) is 1. The van der Waals surface area contributed by atoms with Crippen LogP contribution in [0.25, 0.3) is 0 Å². The van der Waals surface area contributed by atoms with E-state index < -0.39 is 0 Å². The third-order valence-corrected chi connectivity index (χ3v) is 4.32. The Morgan fingerprint density at radius 3 is 2.35 bits per heavy atom. The molecule has 1 heterocycles. The number of hydrogen-bond acceptors (Lipinski definition) is 4. The van der Waals surface area contributed by atoms with Gasteiger partial charge in [-0.15, -0.1) is 0 Å². The van der Waals surface area contributed by atoms with Gasteiger partial charge in [-0.1, -0.05) is 42.0 Å². The number of benzene rings is 3. The van der Waals surface area contributed by atoms with Crippen LogP contribution < -0.4 is 10.2 Å². The molecule has 4 nitrogen and oxygen atoms in total. The maximum absolute atomic E-state index is 5.27. The summed E-state index contributed by atoms with van der Waals surface area (Å²) in [6, 6.07) is 24.2. The van der Waals surface area contributed by atoms with Gasteiger partial charge in [0.2, 0.25) is 0 Å². The van der Waals surface area contributed by atoms with Crippen LogP contribution >= 0.6 is 0 Å². The van der Waals surface area contributed by atoms with Crippen molar-refractivity contribution in [2.24, 2.45) is 10.1 Å². The first-order valence-corrected chi connectivity index (χ1v) is 8.48. The second kappa shape index (κ2) is 6.84. The van der Waals surface area contributed by atoms with Crippen LogP contribution in [-0.2, 0) is 0 Å². The van der Waals surface area contributed by atoms with Crippen LogP contribution in [0, 0.1) is 6.92 Å². The number of hydrazone groups is 1. The molecule has 0 aliphatic carbocycles. The minimum Gasteiger partial charge on any atom is -0.497 e. The van der Waals surface area contributed by atoms with Crippen LogP contribution in [0.4, 0.5) is 5.69 Å². The van der Waals surface area contributed by atoms with Gasteiger partial charge in [-0.2, -0.15) is 5.10 Å². The zero-order chi connectivity index (χ0) is 17.9. The average Bonchev–Trinajstić information content (AvgIpc) is 2.88. The first-order valence-electron chi connectivity index (χ1n) is 8.48. The maximum Gasteiger partial charge on any atom is 0.154 e. The molecule has 26 heavy (non-hydrogen) atoms. The molecule has 0 saturated heterocycles. The van der Waals surface area contributed by atoms with Crippen molar-refractivity contribution in [1.82, 2.24) is 5.43 Å². The number of methoxy groups -OCH3 is 1. The Kier molecular flexibility index (Phi) is 4.23. The largest absolute Gasteiger partial charge is 0.497 e. The van der Waals surface area contributed by atoms with Gasteiger partial charge in [0.15, 0.2) is 5.84 Å². The lowest BCUT2D eigenvalue weighted by atomic mass is 9.99. The van der Waals surface area contributed by atoms with Crippen LogP contribution in [0.1, 0.15) is 22.3 Å². The fourth-order valence-electron chi connectivity index (χ4n) is 2.95. The first-order chi connectivity index (χ1) is 12.7. The summed E-state index contributed by atoms with van der Waals surface area (Å²) >= 11 is 0. The zero-order valence-corrected chi connectivity index (χ0v) is 14.7. The lowest BCUT2D eigenvalue weighted by Crippen LogP contribution is -2.19. The van der Waals surface area contributed by atoms with Gasteiger partial charge < -0.3 is 4.74 Å². The van der Waals surface area contributed by atoms with Crippen LogP contribution in [0.3, 0.4) is 0 Å². The van der Waals surface area contributed by atoms with E-state index in [2.05, 4.69) is 29.6 Å². The Bertz CT molecular complexity index is 990. The highest BCUT2D eigenvalue weighted by molar-refractivity contribution is 6.18. The average molecular weight is 341 g/mol. The number of nitrogens with zero attached hydrogens (tertiary/aromatic N) is 2. The second-order valence-electron chi connectivity index (χ2n) is 6.15. The topological polar surface area (TPSA) is 46.0 Å². The molecular formula is C22H19N3O. The Morgan fingerprint density at radius 2 is 1.62 bits per heavy atom. The molecule has 1 aliphatic rings. The highest BCUT2D eigenvalue weighted by Gasteiger charge is 2.17. The summed E-state index contributed by atoms with van der Waals surface area (Å²) in [5, 5.41) is 4.68. The fraction of sp³-hybridized carbons (Fsp3) is 0.0909. The summed E-state index contributed by atoms with van der Waals surface area (Å²) in [7, 11) is 1.67. The van der Waals surface area contributed by atoms with Crippen molar-refractivity contribution in [3.05, 3.63) is 95.1 Å². The third kappa shape index (κ3) is 3.09. The predicted molar refractivity (Wildman–Crippen MR) is 106 cm³/mol. The second-order valence-corrected chi connectivity index (χ2v) is 6.15. The number of fused-ring (bicyclic) bond motifs is 1. The molecule has 128 valence electrons. The first kappa shape index (κ1) is 16.1. The molecule has 0 spiro atoms. The highest BCUT2D eigenvalue weighted by Crippen LogP contribution is 2.27. The number of hydrogen-bond donors (Lipinski definition) is 1. The summed E-state index contributed by atoms with van der Waals surface area (Å²) in [5.74, 6) is 1.56. The summed E-state index contributed by atoms with van der Waals surface area (Å²) in [4.78, 5) is 4.83. The molecular weight excluding hydrogens is 322 g/mol. The van der Waals surface area contributed by atoms with Crippen molar-refractivity contribution < 1.29 is 4.74 Å². The number of aliphatic imine (C=N–C) groups is 1. The number of amidine groups is 1. The number of rotatable bonds is 3. The van der Waals surface area contributed by atoms with Crippen LogP contribution in [0.2, 0.25) is 0 Å². The maximum atomic E-state index is 5.27. The normalized spacial score (nSPS) is 13.0. The minimum absolute atomic E-state index is 0.735. The van der Waals surface area contributed by atoms with Crippen molar-refractivity contribution in [3.8, 4) is 5.75 Å². The summed E-state index contributed by atoms with van der Waals surface area (Å²) in [6.07, 6.45) is 0. The number of ether oxygens (including phenoxy) is 1. The van der Waals surface area contributed by atoms with E-state index in [0.717, 1.165) is 39.7 Å². The van der Waals surface area contributed by atoms with Crippen molar-refractivity contribution in [3.63, 3.8) is 0 Å². The quantitative estimate of drug-likeness (QED) is 0.765. The number of aryl methyl sites for hydroxylation is 1. The molecule has 1 aliphatic heterocycles. The Morgan fingerprint density at radius 1 is 0.846 bits per heavy atom. The van der Waals surface area contributed by atoms with E-state index in [4.69, 9.17) is 9.73 Å². The predicted octanol–water partition coefficient (Wildman–Crippen LogP) is 4.44. The van der Waals surface area contributed by atoms with Gasteiger partial charge in [0, 0.05) is 16.7 Å². The Balaban J connectivity index is 1.84. The van der Waals surface area contributed by atoms with E-state index in [0.29, 0.717) is 0 Å². The van der Waals surface area contributed by atoms with Crippen molar-refractivity contribution >= 4 is 17.2 Å². The smallest absolute Gasteiger partial charge is 0.154 e. The lowest BCUT2D eigenvalue weighted by molar-refractivity contribution is 0.415. The van der Waals surface area contributed by atoms with Gasteiger partial charge in [-0.3, -0.25) is 5.43 Å². The van der Waals surface area contributed by atoms with E-state index in [9.17, 15) is 0 Å². The molecule has 0 fully saturated rings. The van der Waals surface area contributed by atoms with Gasteiger partial charge in [0.25, 0.3) is 0 Å². The third-order valence-electron chi connectivity index (χ3n) is 4.32. The van der Waals surface area contributed by atoms with Crippen molar-refractivity contribution in [2.45, 2.75) is 6.92 Å². The molecule has 1 N–H and O–H groups in total. The van der Waals surface area contributed by atoms with E-state index in [1.54, 1.807) is 7.11 Å². The molecule has 0 saturated carbocycles. The molecule has 3 aromatic rings. The summed E-state index contributed by atoms with van der Waals surface area (Å²) in [6.45, 7) is 2.08. The molecule has 4 heteroatoms. The fourth-order valence-corrected chi connectivity index (χ4v) is 2.95. The van der Waals surface area contributed by atoms with E-state index in [-0.39, 0.29) is 0 Å². The molecule has 0 unspecified atom stereocenters. The Labute approximate surface area is 152 Å². The molecule has 0 radical (unpaired) electrons.